The van der Waals surface area contributed by atoms with Crippen molar-refractivity contribution in [2.75, 3.05) is 45.8 Å². The quantitative estimate of drug-likeness (QED) is 0.426. The Kier molecular flexibility index (Phi) is 12.6. The van der Waals surface area contributed by atoms with Gasteiger partial charge in [-0.05, 0) is 63.5 Å². The molecule has 0 saturated carbocycles. The number of piperidine rings is 2. The number of hydrogen-bond acceptors (Lipinski definition) is 4. The number of amides is 1. The molecule has 2 unspecified atom stereocenters. The van der Waals surface area contributed by atoms with Crippen molar-refractivity contribution in [3.63, 3.8) is 0 Å². The van der Waals surface area contributed by atoms with Crippen LogP contribution in [0.15, 0.2) is 0 Å². The summed E-state index contributed by atoms with van der Waals surface area (Å²) >= 11 is 0. The lowest BCUT2D eigenvalue weighted by atomic mass is 10.00. The van der Waals surface area contributed by atoms with Gasteiger partial charge in [-0.15, -0.1) is 0 Å². The number of carbonyl (C=O) groups is 2. The summed E-state index contributed by atoms with van der Waals surface area (Å²) < 4.78 is 0. The minimum atomic E-state index is 0.196. The summed E-state index contributed by atoms with van der Waals surface area (Å²) in [5.41, 5.74) is 0. The van der Waals surface area contributed by atoms with Crippen molar-refractivity contribution < 1.29 is 9.59 Å². The Labute approximate surface area is 185 Å². The second-order valence-electron chi connectivity index (χ2n) is 10.0. The van der Waals surface area contributed by atoms with Crippen molar-refractivity contribution >= 4 is 11.7 Å². The first-order chi connectivity index (χ1) is 14.5. The van der Waals surface area contributed by atoms with Crippen molar-refractivity contribution in [2.45, 2.75) is 90.9 Å². The van der Waals surface area contributed by atoms with E-state index in [0.29, 0.717) is 12.2 Å². The van der Waals surface area contributed by atoms with Crippen LogP contribution in [0.1, 0.15) is 90.9 Å². The first kappa shape index (κ1) is 25.3. The lowest BCUT2D eigenvalue weighted by Crippen LogP contribution is -2.37. The smallest absolute Gasteiger partial charge is 0.221 e. The first-order valence-corrected chi connectivity index (χ1v) is 12.8. The van der Waals surface area contributed by atoms with Crippen LogP contribution < -0.4 is 5.32 Å². The Hall–Kier alpha value is -0.940. The van der Waals surface area contributed by atoms with Crippen molar-refractivity contribution in [1.29, 1.82) is 0 Å². The van der Waals surface area contributed by atoms with Gasteiger partial charge in [-0.25, -0.2) is 0 Å². The first-order valence-electron chi connectivity index (χ1n) is 12.8. The Balaban J connectivity index is 1.35. The maximum absolute atomic E-state index is 12.1. The number of unbranched alkanes of at least 4 members (excludes halogenated alkanes) is 4. The average molecular weight is 422 g/mol. The van der Waals surface area contributed by atoms with Crippen LogP contribution in [-0.2, 0) is 9.59 Å². The largest absolute Gasteiger partial charge is 0.356 e. The predicted molar refractivity (Wildman–Crippen MR) is 125 cm³/mol. The van der Waals surface area contributed by atoms with Gasteiger partial charge in [0, 0.05) is 52.0 Å². The zero-order chi connectivity index (χ0) is 21.6. The number of nitrogens with zero attached hydrogens (tertiary/aromatic N) is 2. The molecule has 30 heavy (non-hydrogen) atoms. The third-order valence-electron chi connectivity index (χ3n) is 6.80. The molecule has 1 amide bonds. The number of rotatable bonds is 14. The van der Waals surface area contributed by atoms with Crippen molar-refractivity contribution in [2.24, 2.45) is 11.8 Å². The monoisotopic (exact) mass is 421 g/mol. The summed E-state index contributed by atoms with van der Waals surface area (Å²) in [6.07, 6.45) is 12.8. The third-order valence-corrected chi connectivity index (χ3v) is 6.80. The Morgan fingerprint density at radius 2 is 1.33 bits per heavy atom. The van der Waals surface area contributed by atoms with E-state index in [0.717, 1.165) is 83.1 Å². The standard InChI is InChI=1S/C25H47N3O2/c1-22-10-8-16-27(20-22)18-13-24(29)12-6-4-3-5-7-15-26-25(30)14-19-28-17-9-11-23(2)21-28/h22-23H,3-21H2,1-2H3,(H,26,30). The molecule has 2 fully saturated rings. The molecule has 2 heterocycles. The fraction of sp³-hybridized carbons (Fsp3) is 0.920. The molecule has 1 N–H and O–H groups in total. The van der Waals surface area contributed by atoms with Crippen LogP contribution in [0.25, 0.3) is 0 Å². The molecular weight excluding hydrogens is 374 g/mol. The molecule has 2 saturated heterocycles. The molecule has 0 spiro atoms. The van der Waals surface area contributed by atoms with Crippen LogP contribution in [0.2, 0.25) is 0 Å². The maximum Gasteiger partial charge on any atom is 0.221 e. The van der Waals surface area contributed by atoms with Gasteiger partial charge < -0.3 is 15.1 Å². The minimum absolute atomic E-state index is 0.196. The zero-order valence-electron chi connectivity index (χ0n) is 19.8. The predicted octanol–water partition coefficient (Wildman–Crippen LogP) is 4.26. The van der Waals surface area contributed by atoms with Crippen molar-refractivity contribution in [3.05, 3.63) is 0 Å². The molecular formula is C25H47N3O2. The molecule has 0 aromatic heterocycles. The number of carbonyl (C=O) groups excluding carboxylic acids is 2. The van der Waals surface area contributed by atoms with Crippen molar-refractivity contribution in [3.8, 4) is 0 Å². The van der Waals surface area contributed by atoms with Crippen LogP contribution in [0.5, 0.6) is 0 Å². The Morgan fingerprint density at radius 3 is 1.97 bits per heavy atom. The second kappa shape index (κ2) is 15.0. The summed E-state index contributed by atoms with van der Waals surface area (Å²) in [4.78, 5) is 29.0. The van der Waals surface area contributed by atoms with E-state index in [1.807, 2.05) is 0 Å². The summed E-state index contributed by atoms with van der Waals surface area (Å²) in [6.45, 7) is 11.9. The minimum Gasteiger partial charge on any atom is -0.356 e. The van der Waals surface area contributed by atoms with Crippen LogP contribution in [-0.4, -0.2) is 67.3 Å². The van der Waals surface area contributed by atoms with E-state index in [4.69, 9.17) is 0 Å². The number of ketones is 1. The number of hydrogen-bond donors (Lipinski definition) is 1. The summed E-state index contributed by atoms with van der Waals surface area (Å²) in [7, 11) is 0. The number of nitrogens with one attached hydrogen (secondary N) is 1. The normalized spacial score (nSPS) is 23.4. The van der Waals surface area contributed by atoms with Gasteiger partial charge >= 0.3 is 0 Å². The van der Waals surface area contributed by atoms with E-state index >= 15 is 0 Å². The van der Waals surface area contributed by atoms with Gasteiger partial charge in [0.15, 0.2) is 0 Å². The van der Waals surface area contributed by atoms with E-state index < -0.39 is 0 Å². The van der Waals surface area contributed by atoms with Gasteiger partial charge in [-0.3, -0.25) is 9.59 Å². The molecule has 0 aromatic carbocycles. The SMILES string of the molecule is CC1CCCN(CCC(=O)CCCCCCCNC(=O)CCN2CCCC(C)C2)C1. The molecule has 5 nitrogen and oxygen atoms in total. The second-order valence-corrected chi connectivity index (χ2v) is 10.0. The van der Waals surface area contributed by atoms with Gasteiger partial charge in [0.25, 0.3) is 0 Å². The third kappa shape index (κ3) is 11.5. The lowest BCUT2D eigenvalue weighted by Gasteiger charge is -2.30. The van der Waals surface area contributed by atoms with Gasteiger partial charge in [0.2, 0.25) is 5.91 Å². The molecule has 174 valence electrons. The number of Topliss-reactive ketones (excluding diaryl/α,β-unsaturated/α-hetero) is 1. The summed E-state index contributed by atoms with van der Waals surface area (Å²) in [6, 6.07) is 0. The van der Waals surface area contributed by atoms with Gasteiger partial charge in [0.05, 0.1) is 0 Å². The highest BCUT2D eigenvalue weighted by molar-refractivity contribution is 5.78. The molecule has 0 aromatic rings. The van der Waals surface area contributed by atoms with E-state index in [-0.39, 0.29) is 5.91 Å². The van der Waals surface area contributed by atoms with E-state index in [1.54, 1.807) is 0 Å². The van der Waals surface area contributed by atoms with E-state index in [9.17, 15) is 9.59 Å². The van der Waals surface area contributed by atoms with Crippen LogP contribution in [0.4, 0.5) is 0 Å². The Bertz CT molecular complexity index is 453. The molecule has 2 aliphatic heterocycles. The highest BCUT2D eigenvalue weighted by Crippen LogP contribution is 2.16. The van der Waals surface area contributed by atoms with Crippen LogP contribution >= 0.6 is 0 Å². The molecule has 5 heteroatoms. The fourth-order valence-corrected chi connectivity index (χ4v) is 4.94. The average Bonchev–Trinajstić information content (AvgIpc) is 2.73. The van der Waals surface area contributed by atoms with Gasteiger partial charge in [-0.1, -0.05) is 33.1 Å². The lowest BCUT2D eigenvalue weighted by molar-refractivity contribution is -0.121. The molecule has 2 rings (SSSR count). The van der Waals surface area contributed by atoms with E-state index in [2.05, 4.69) is 29.0 Å². The van der Waals surface area contributed by atoms with Gasteiger partial charge in [-0.2, -0.15) is 0 Å². The van der Waals surface area contributed by atoms with Gasteiger partial charge in [0.1, 0.15) is 5.78 Å². The molecule has 2 atom stereocenters. The molecule has 0 aliphatic carbocycles. The number of likely N-dealkylation sites (tertiary alicyclic amines) is 2. The van der Waals surface area contributed by atoms with E-state index in [1.165, 1.54) is 45.2 Å². The summed E-state index contributed by atoms with van der Waals surface area (Å²) in [5, 5.41) is 3.07. The fourth-order valence-electron chi connectivity index (χ4n) is 4.94. The maximum atomic E-state index is 12.1. The molecule has 0 radical (unpaired) electrons. The molecule has 0 bridgehead atoms. The topological polar surface area (TPSA) is 52.7 Å². The van der Waals surface area contributed by atoms with Crippen LogP contribution in [0, 0.1) is 11.8 Å². The molecule has 2 aliphatic rings. The highest BCUT2D eigenvalue weighted by Gasteiger charge is 2.17. The van der Waals surface area contributed by atoms with Crippen molar-refractivity contribution in [1.82, 2.24) is 15.1 Å². The Morgan fingerprint density at radius 1 is 0.767 bits per heavy atom. The zero-order valence-corrected chi connectivity index (χ0v) is 19.8. The van der Waals surface area contributed by atoms with Crippen LogP contribution in [0.3, 0.4) is 0 Å². The highest BCUT2D eigenvalue weighted by atomic mass is 16.1. The summed E-state index contributed by atoms with van der Waals surface area (Å²) in [5.74, 6) is 2.19.